The Morgan fingerprint density at radius 3 is 2.24 bits per heavy atom. The Morgan fingerprint density at radius 2 is 1.76 bits per heavy atom. The van der Waals surface area contributed by atoms with E-state index in [0.29, 0.717) is 11.1 Å². The van der Waals surface area contributed by atoms with E-state index in [1.807, 2.05) is 0 Å². The molecular weight excluding hydrogens is 222 g/mol. The maximum absolute atomic E-state index is 11.9. The third kappa shape index (κ3) is 1.84. The summed E-state index contributed by atoms with van der Waals surface area (Å²) in [6.07, 6.45) is 0.155. The van der Waals surface area contributed by atoms with E-state index in [-0.39, 0.29) is 30.6 Å². The van der Waals surface area contributed by atoms with E-state index in [1.54, 1.807) is 24.3 Å². The summed E-state index contributed by atoms with van der Waals surface area (Å²) in [6.45, 7) is 0.113. The molecule has 1 aromatic rings. The summed E-state index contributed by atoms with van der Waals surface area (Å²) in [5.41, 5.74) is 6.10. The molecule has 0 aromatic heterocycles. The van der Waals surface area contributed by atoms with Crippen LogP contribution in [0.15, 0.2) is 29.4 Å². The summed E-state index contributed by atoms with van der Waals surface area (Å²) >= 11 is 0. The van der Waals surface area contributed by atoms with Crippen LogP contribution in [0.4, 0.5) is 0 Å². The fraction of sp³-hybridized carbons (Fsp3) is 0.182. The third-order valence-electron chi connectivity index (χ3n) is 2.60. The Balaban J connectivity index is 2.19. The Labute approximate surface area is 97.3 Å². The number of carbonyl (C=O) groups excluding carboxylic acids is 2. The number of benzene rings is 1. The average molecular weight is 233 g/mol. The molecule has 0 radical (unpaired) electrons. The van der Waals surface area contributed by atoms with Crippen LogP contribution in [0, 0.1) is 0 Å². The smallest absolute Gasteiger partial charge is 0.261 e. The molecular formula is C11H11N3O3. The van der Waals surface area contributed by atoms with Crippen molar-refractivity contribution in [3.63, 3.8) is 0 Å². The van der Waals surface area contributed by atoms with Crippen LogP contribution < -0.4 is 5.73 Å². The first-order valence-electron chi connectivity index (χ1n) is 5.06. The SMILES string of the molecule is NC(CCN1C(=O)c2ccccc2C1=O)=NO. The minimum absolute atomic E-state index is 0.0124. The van der Waals surface area contributed by atoms with Gasteiger partial charge in [0, 0.05) is 13.0 Å². The van der Waals surface area contributed by atoms with Crippen molar-refractivity contribution in [2.75, 3.05) is 6.54 Å². The molecule has 0 fully saturated rings. The van der Waals surface area contributed by atoms with Gasteiger partial charge < -0.3 is 10.9 Å². The van der Waals surface area contributed by atoms with E-state index >= 15 is 0 Å². The van der Waals surface area contributed by atoms with Gasteiger partial charge in [-0.05, 0) is 12.1 Å². The first kappa shape index (κ1) is 11.1. The number of hydrogen-bond acceptors (Lipinski definition) is 4. The van der Waals surface area contributed by atoms with Gasteiger partial charge in [0.2, 0.25) is 0 Å². The molecule has 88 valence electrons. The second-order valence-corrected chi connectivity index (χ2v) is 3.65. The molecule has 6 heteroatoms. The largest absolute Gasteiger partial charge is 0.409 e. The number of nitrogens with two attached hydrogens (primary N) is 1. The fourth-order valence-corrected chi connectivity index (χ4v) is 1.72. The van der Waals surface area contributed by atoms with Crippen molar-refractivity contribution in [3.05, 3.63) is 35.4 Å². The molecule has 3 N–H and O–H groups in total. The lowest BCUT2D eigenvalue weighted by molar-refractivity contribution is 0.0658. The normalized spacial score (nSPS) is 15.3. The standard InChI is InChI=1S/C11H11N3O3/c12-9(13-17)5-6-14-10(15)7-3-1-2-4-8(7)11(14)16/h1-4,17H,5-6H2,(H2,12,13). The predicted molar refractivity (Wildman–Crippen MR) is 59.8 cm³/mol. The molecule has 2 amide bonds. The number of carbonyl (C=O) groups is 2. The molecule has 1 heterocycles. The van der Waals surface area contributed by atoms with Crippen molar-refractivity contribution in [1.82, 2.24) is 4.90 Å². The molecule has 0 unspecified atom stereocenters. The van der Waals surface area contributed by atoms with Gasteiger partial charge in [-0.15, -0.1) is 0 Å². The molecule has 17 heavy (non-hydrogen) atoms. The molecule has 0 aliphatic carbocycles. The maximum atomic E-state index is 11.9. The topological polar surface area (TPSA) is 96.0 Å². The number of rotatable bonds is 3. The summed E-state index contributed by atoms with van der Waals surface area (Å²) in [6, 6.07) is 6.63. The van der Waals surface area contributed by atoms with Crippen LogP contribution >= 0.6 is 0 Å². The molecule has 0 bridgehead atoms. The highest BCUT2D eigenvalue weighted by Gasteiger charge is 2.34. The summed E-state index contributed by atoms with van der Waals surface area (Å²) in [4.78, 5) is 24.8. The van der Waals surface area contributed by atoms with Crippen LogP contribution in [0.25, 0.3) is 0 Å². The number of fused-ring (bicyclic) bond motifs is 1. The zero-order valence-corrected chi connectivity index (χ0v) is 8.96. The molecule has 0 atom stereocenters. The molecule has 0 spiro atoms. The van der Waals surface area contributed by atoms with Crippen molar-refractivity contribution in [1.29, 1.82) is 0 Å². The highest BCUT2D eigenvalue weighted by Crippen LogP contribution is 2.22. The van der Waals surface area contributed by atoms with Crippen LogP contribution in [0.3, 0.4) is 0 Å². The number of amides is 2. The molecule has 0 saturated carbocycles. The van der Waals surface area contributed by atoms with Gasteiger partial charge >= 0.3 is 0 Å². The third-order valence-corrected chi connectivity index (χ3v) is 2.60. The van der Waals surface area contributed by atoms with Gasteiger partial charge in [0.05, 0.1) is 11.1 Å². The summed E-state index contributed by atoms with van der Waals surface area (Å²) in [5, 5.41) is 11.2. The van der Waals surface area contributed by atoms with E-state index in [1.165, 1.54) is 0 Å². The van der Waals surface area contributed by atoms with Gasteiger partial charge in [-0.1, -0.05) is 17.3 Å². The van der Waals surface area contributed by atoms with Gasteiger partial charge in [0.25, 0.3) is 11.8 Å². The van der Waals surface area contributed by atoms with Gasteiger partial charge in [-0.2, -0.15) is 0 Å². The average Bonchev–Trinajstić information content (AvgIpc) is 2.60. The molecule has 6 nitrogen and oxygen atoms in total. The van der Waals surface area contributed by atoms with Crippen molar-refractivity contribution in [2.24, 2.45) is 10.9 Å². The van der Waals surface area contributed by atoms with E-state index in [2.05, 4.69) is 5.16 Å². The van der Waals surface area contributed by atoms with Gasteiger partial charge in [0.15, 0.2) is 0 Å². The highest BCUT2D eigenvalue weighted by atomic mass is 16.4. The van der Waals surface area contributed by atoms with E-state index in [0.717, 1.165) is 4.90 Å². The number of hydrogen-bond donors (Lipinski definition) is 2. The first-order chi connectivity index (χ1) is 8.15. The van der Waals surface area contributed by atoms with Crippen LogP contribution in [-0.2, 0) is 0 Å². The second-order valence-electron chi connectivity index (χ2n) is 3.65. The monoisotopic (exact) mass is 233 g/mol. The Morgan fingerprint density at radius 1 is 1.24 bits per heavy atom. The zero-order valence-electron chi connectivity index (χ0n) is 8.96. The predicted octanol–water partition coefficient (Wildman–Crippen LogP) is 0.419. The van der Waals surface area contributed by atoms with Gasteiger partial charge in [0.1, 0.15) is 5.84 Å². The summed E-state index contributed by atoms with van der Waals surface area (Å²) in [5.74, 6) is -0.686. The fourth-order valence-electron chi connectivity index (χ4n) is 1.72. The minimum Gasteiger partial charge on any atom is -0.409 e. The Kier molecular flexibility index (Phi) is 2.78. The second kappa shape index (κ2) is 4.25. The highest BCUT2D eigenvalue weighted by molar-refractivity contribution is 6.21. The number of nitrogens with zero attached hydrogens (tertiary/aromatic N) is 2. The van der Waals surface area contributed by atoms with Crippen molar-refractivity contribution in [2.45, 2.75) is 6.42 Å². The minimum atomic E-state index is -0.337. The van der Waals surface area contributed by atoms with Crippen molar-refractivity contribution in [3.8, 4) is 0 Å². The van der Waals surface area contributed by atoms with Crippen LogP contribution in [0.1, 0.15) is 27.1 Å². The van der Waals surface area contributed by atoms with E-state index < -0.39 is 0 Å². The van der Waals surface area contributed by atoms with E-state index in [4.69, 9.17) is 10.9 Å². The van der Waals surface area contributed by atoms with Crippen molar-refractivity contribution < 1.29 is 14.8 Å². The molecule has 1 aliphatic rings. The number of imide groups is 1. The van der Waals surface area contributed by atoms with Gasteiger partial charge in [-0.3, -0.25) is 14.5 Å². The molecule has 1 aromatic carbocycles. The lowest BCUT2D eigenvalue weighted by Crippen LogP contribution is -2.33. The lowest BCUT2D eigenvalue weighted by atomic mass is 10.1. The summed E-state index contributed by atoms with van der Waals surface area (Å²) in [7, 11) is 0. The van der Waals surface area contributed by atoms with Gasteiger partial charge in [-0.25, -0.2) is 0 Å². The number of oxime groups is 1. The quantitative estimate of drug-likeness (QED) is 0.260. The van der Waals surface area contributed by atoms with Crippen LogP contribution in [0.5, 0.6) is 0 Å². The van der Waals surface area contributed by atoms with Crippen LogP contribution in [-0.4, -0.2) is 34.3 Å². The molecule has 1 aliphatic heterocycles. The van der Waals surface area contributed by atoms with Crippen LogP contribution in [0.2, 0.25) is 0 Å². The zero-order chi connectivity index (χ0) is 12.4. The molecule has 2 rings (SSSR count). The maximum Gasteiger partial charge on any atom is 0.261 e. The Bertz CT molecular complexity index is 475. The Hall–Kier alpha value is -2.37. The molecule has 0 saturated heterocycles. The summed E-state index contributed by atoms with van der Waals surface area (Å²) < 4.78 is 0. The first-order valence-corrected chi connectivity index (χ1v) is 5.06. The van der Waals surface area contributed by atoms with E-state index in [9.17, 15) is 9.59 Å². The lowest BCUT2D eigenvalue weighted by Gasteiger charge is -2.12. The van der Waals surface area contributed by atoms with Crippen molar-refractivity contribution >= 4 is 17.6 Å². The number of amidine groups is 1.